The van der Waals surface area contributed by atoms with Crippen LogP contribution in [0.15, 0.2) is 22.7 Å². The van der Waals surface area contributed by atoms with Crippen LogP contribution in [0.2, 0.25) is 5.02 Å². The Labute approximate surface area is 173 Å². The molecule has 1 aromatic heterocycles. The van der Waals surface area contributed by atoms with Crippen LogP contribution in [0.5, 0.6) is 5.88 Å². The summed E-state index contributed by atoms with van der Waals surface area (Å²) in [6.07, 6.45) is 3.02. The Morgan fingerprint density at radius 3 is 2.55 bits per heavy atom. The van der Waals surface area contributed by atoms with Crippen molar-refractivity contribution in [3.05, 3.63) is 34.5 Å². The summed E-state index contributed by atoms with van der Waals surface area (Å²) in [5.74, 6) is -0.0368. The molecule has 3 rings (SSSR count). The number of ketones is 1. The van der Waals surface area contributed by atoms with E-state index in [0.29, 0.717) is 11.5 Å². The maximum atomic E-state index is 13.1. The standard InChI is InChI=1S/C18H21ClN4O5S/c1-23-17(25)12(10-20-23)16(24)11-6-7-13(21-18(26)28-2)15(14(11)19)22-29(27)8-4-3-5-9-29/h6-7,10,25H,3-5,8-9H2,1-2H3,(H,21,26). The van der Waals surface area contributed by atoms with Crippen LogP contribution in [0.1, 0.15) is 35.2 Å². The summed E-state index contributed by atoms with van der Waals surface area (Å²) in [7, 11) is 0.128. The Morgan fingerprint density at radius 2 is 1.97 bits per heavy atom. The van der Waals surface area contributed by atoms with E-state index in [0.717, 1.165) is 23.9 Å². The third-order valence-electron chi connectivity index (χ3n) is 4.62. The average molecular weight is 441 g/mol. The summed E-state index contributed by atoms with van der Waals surface area (Å²) in [6.45, 7) is 0. The molecule has 2 N–H and O–H groups in total. The number of benzene rings is 1. The normalized spacial score (nSPS) is 15.6. The van der Waals surface area contributed by atoms with Crippen molar-refractivity contribution in [2.45, 2.75) is 19.3 Å². The quantitative estimate of drug-likeness (QED) is 0.701. The molecule has 0 unspecified atom stereocenters. The lowest BCUT2D eigenvalue weighted by atomic mass is 10.0. The molecule has 1 amide bonds. The van der Waals surface area contributed by atoms with Crippen molar-refractivity contribution in [3.8, 4) is 5.88 Å². The van der Waals surface area contributed by atoms with Gasteiger partial charge in [-0.3, -0.25) is 10.1 Å². The second kappa shape index (κ2) is 8.42. The summed E-state index contributed by atoms with van der Waals surface area (Å²) in [4.78, 5) is 24.6. The first-order valence-electron chi connectivity index (χ1n) is 8.91. The molecule has 1 saturated heterocycles. The molecule has 0 radical (unpaired) electrons. The number of aryl methyl sites for hydroxylation is 1. The van der Waals surface area contributed by atoms with E-state index in [-0.39, 0.29) is 33.4 Å². The summed E-state index contributed by atoms with van der Waals surface area (Å²) in [5.41, 5.74) is 0.249. The second-order valence-electron chi connectivity index (χ2n) is 6.61. The van der Waals surface area contributed by atoms with Gasteiger partial charge in [0.15, 0.2) is 0 Å². The molecule has 29 heavy (non-hydrogen) atoms. The van der Waals surface area contributed by atoms with Crippen molar-refractivity contribution in [2.24, 2.45) is 11.4 Å². The van der Waals surface area contributed by atoms with E-state index < -0.39 is 21.6 Å². The molecule has 156 valence electrons. The zero-order valence-electron chi connectivity index (χ0n) is 16.0. The minimum absolute atomic E-state index is 0.0316. The van der Waals surface area contributed by atoms with Gasteiger partial charge in [-0.1, -0.05) is 18.0 Å². The number of methoxy groups -OCH3 is 1. The molecular weight excluding hydrogens is 420 g/mol. The zero-order chi connectivity index (χ0) is 21.2. The van der Waals surface area contributed by atoms with E-state index in [1.165, 1.54) is 32.5 Å². The van der Waals surface area contributed by atoms with Gasteiger partial charge in [-0.2, -0.15) is 9.46 Å². The van der Waals surface area contributed by atoms with Crippen molar-refractivity contribution < 1.29 is 23.6 Å². The smallest absolute Gasteiger partial charge is 0.411 e. The monoisotopic (exact) mass is 440 g/mol. The molecule has 0 saturated carbocycles. The number of ether oxygens (including phenoxy) is 1. The number of hydrogen-bond donors (Lipinski definition) is 2. The van der Waals surface area contributed by atoms with Crippen LogP contribution in [0.3, 0.4) is 0 Å². The highest BCUT2D eigenvalue weighted by Gasteiger charge is 2.25. The van der Waals surface area contributed by atoms with Gasteiger partial charge >= 0.3 is 6.09 Å². The number of nitrogens with zero attached hydrogens (tertiary/aromatic N) is 3. The molecule has 1 fully saturated rings. The average Bonchev–Trinajstić information content (AvgIpc) is 3.03. The largest absolute Gasteiger partial charge is 0.493 e. The number of aromatic hydroxyl groups is 1. The van der Waals surface area contributed by atoms with E-state index in [9.17, 15) is 18.9 Å². The van der Waals surface area contributed by atoms with Gasteiger partial charge in [-0.05, 0) is 25.0 Å². The van der Waals surface area contributed by atoms with Crippen LogP contribution < -0.4 is 5.32 Å². The van der Waals surface area contributed by atoms with Crippen LogP contribution in [-0.4, -0.2) is 49.6 Å². The number of rotatable bonds is 4. The molecule has 11 heteroatoms. The molecule has 0 atom stereocenters. The minimum atomic E-state index is -2.57. The fourth-order valence-corrected chi connectivity index (χ4v) is 5.58. The third-order valence-corrected chi connectivity index (χ3v) is 7.37. The first-order chi connectivity index (χ1) is 13.8. The van der Waals surface area contributed by atoms with E-state index >= 15 is 0 Å². The number of carbonyl (C=O) groups excluding carboxylic acids is 2. The fraction of sp³-hybridized carbons (Fsp3) is 0.389. The van der Waals surface area contributed by atoms with Crippen LogP contribution in [-0.2, 0) is 21.5 Å². The van der Waals surface area contributed by atoms with Crippen LogP contribution in [0.4, 0.5) is 16.2 Å². The first-order valence-corrected chi connectivity index (χ1v) is 11.1. The Morgan fingerprint density at radius 1 is 1.28 bits per heavy atom. The van der Waals surface area contributed by atoms with E-state index in [1.54, 1.807) is 0 Å². The van der Waals surface area contributed by atoms with E-state index in [4.69, 9.17) is 11.6 Å². The fourth-order valence-electron chi connectivity index (χ4n) is 3.02. The first kappa shape index (κ1) is 21.1. The van der Waals surface area contributed by atoms with Crippen LogP contribution in [0, 0.1) is 0 Å². The topological polar surface area (TPSA) is 123 Å². The molecule has 0 spiro atoms. The number of halogens is 1. The van der Waals surface area contributed by atoms with Gasteiger partial charge in [0.25, 0.3) is 0 Å². The Bertz CT molecular complexity index is 1080. The SMILES string of the molecule is COC(=O)Nc1ccc(C(=O)c2cnn(C)c2O)c(Cl)c1N=S1(=O)CCCCC1. The van der Waals surface area contributed by atoms with E-state index in [1.807, 2.05) is 0 Å². The highest BCUT2D eigenvalue weighted by molar-refractivity contribution is 7.93. The van der Waals surface area contributed by atoms with Gasteiger partial charge in [-0.25, -0.2) is 13.7 Å². The summed E-state index contributed by atoms with van der Waals surface area (Å²) < 4.78 is 23.3. The predicted octanol–water partition coefficient (Wildman–Crippen LogP) is 3.47. The van der Waals surface area contributed by atoms with E-state index in [2.05, 4.69) is 19.5 Å². The van der Waals surface area contributed by atoms with Crippen molar-refractivity contribution in [1.82, 2.24) is 9.78 Å². The summed E-state index contributed by atoms with van der Waals surface area (Å²) in [6, 6.07) is 2.84. The van der Waals surface area contributed by atoms with Gasteiger partial charge in [-0.15, -0.1) is 0 Å². The number of anilines is 1. The maximum absolute atomic E-state index is 13.1. The lowest BCUT2D eigenvalue weighted by molar-refractivity contribution is 0.103. The third kappa shape index (κ3) is 4.38. The highest BCUT2D eigenvalue weighted by atomic mass is 35.5. The zero-order valence-corrected chi connectivity index (χ0v) is 17.5. The second-order valence-corrected chi connectivity index (χ2v) is 9.53. The molecule has 2 heterocycles. The van der Waals surface area contributed by atoms with Crippen molar-refractivity contribution >= 4 is 44.6 Å². The lowest BCUT2D eigenvalue weighted by Crippen LogP contribution is -2.16. The molecule has 2 aromatic rings. The molecule has 1 aromatic carbocycles. The highest BCUT2D eigenvalue weighted by Crippen LogP contribution is 2.39. The number of hydrogen-bond acceptors (Lipinski definition) is 7. The molecular formula is C18H21ClN4O5S. The van der Waals surface area contributed by atoms with Gasteiger partial charge in [0.2, 0.25) is 11.7 Å². The predicted molar refractivity (Wildman–Crippen MR) is 110 cm³/mol. The van der Waals surface area contributed by atoms with Crippen LogP contribution in [0.25, 0.3) is 0 Å². The number of nitrogens with one attached hydrogen (secondary N) is 1. The Hall–Kier alpha value is -2.59. The van der Waals surface area contributed by atoms with Gasteiger partial charge in [0, 0.05) is 24.1 Å². The summed E-state index contributed by atoms with van der Waals surface area (Å²) in [5, 5.41) is 16.3. The van der Waals surface area contributed by atoms with Crippen molar-refractivity contribution in [2.75, 3.05) is 23.9 Å². The van der Waals surface area contributed by atoms with Gasteiger partial charge in [0.05, 0.1) is 33.7 Å². The summed E-state index contributed by atoms with van der Waals surface area (Å²) >= 11 is 6.48. The molecule has 9 nitrogen and oxygen atoms in total. The minimum Gasteiger partial charge on any atom is -0.493 e. The van der Waals surface area contributed by atoms with Crippen molar-refractivity contribution in [1.29, 1.82) is 0 Å². The molecule has 1 aliphatic heterocycles. The van der Waals surface area contributed by atoms with Crippen LogP contribution >= 0.6 is 11.6 Å². The van der Waals surface area contributed by atoms with Gasteiger partial charge in [0.1, 0.15) is 11.3 Å². The maximum Gasteiger partial charge on any atom is 0.411 e. The number of aromatic nitrogens is 2. The van der Waals surface area contributed by atoms with Crippen molar-refractivity contribution in [3.63, 3.8) is 0 Å². The van der Waals surface area contributed by atoms with Gasteiger partial charge < -0.3 is 9.84 Å². The lowest BCUT2D eigenvalue weighted by Gasteiger charge is -2.18. The molecule has 0 aliphatic carbocycles. The molecule has 0 bridgehead atoms. The Balaban J connectivity index is 2.14. The number of carbonyl (C=O) groups is 2. The Kier molecular flexibility index (Phi) is 6.13. The molecule has 1 aliphatic rings. The number of amides is 1.